The Kier molecular flexibility index (Phi) is 12.4. The van der Waals surface area contributed by atoms with E-state index in [0.717, 1.165) is 63.0 Å². The van der Waals surface area contributed by atoms with E-state index < -0.39 is 0 Å². The zero-order valence-corrected chi connectivity index (χ0v) is 22.6. The molecule has 0 bridgehead atoms. The number of nitrogens with one attached hydrogen (secondary N) is 2. The number of hydrogen-bond acceptors (Lipinski definition) is 5. The third-order valence-corrected chi connectivity index (χ3v) is 6.60. The molecule has 0 atom stereocenters. The van der Waals surface area contributed by atoms with Crippen molar-refractivity contribution in [2.24, 2.45) is 4.99 Å². The number of ether oxygens (including phenoxy) is 2. The molecule has 6 nitrogen and oxygen atoms in total. The summed E-state index contributed by atoms with van der Waals surface area (Å²) in [5.41, 5.74) is 2.46. The minimum Gasteiger partial charge on any atom is -0.492 e. The second-order valence-corrected chi connectivity index (χ2v) is 8.90. The Morgan fingerprint density at radius 1 is 1.25 bits per heavy atom. The smallest absolute Gasteiger partial charge is 0.191 e. The van der Waals surface area contributed by atoms with E-state index in [1.807, 2.05) is 12.1 Å². The Balaban J connectivity index is 0.00000363. The quantitative estimate of drug-likeness (QED) is 0.251. The number of hydrogen-bond donors (Lipinski definition) is 2. The van der Waals surface area contributed by atoms with Crippen LogP contribution in [0.1, 0.15) is 35.8 Å². The van der Waals surface area contributed by atoms with Gasteiger partial charge in [-0.05, 0) is 68.4 Å². The van der Waals surface area contributed by atoms with Crippen LogP contribution >= 0.6 is 35.3 Å². The van der Waals surface area contributed by atoms with Gasteiger partial charge in [-0.15, -0.1) is 35.3 Å². The van der Waals surface area contributed by atoms with E-state index in [1.165, 1.54) is 10.4 Å². The van der Waals surface area contributed by atoms with Crippen LogP contribution in [-0.4, -0.2) is 56.9 Å². The van der Waals surface area contributed by atoms with Crippen LogP contribution in [0.4, 0.5) is 0 Å². The minimum absolute atomic E-state index is 0. The average Bonchev–Trinajstić information content (AvgIpc) is 3.21. The minimum atomic E-state index is 0. The molecule has 8 heteroatoms. The van der Waals surface area contributed by atoms with Crippen LogP contribution in [0.2, 0.25) is 0 Å². The first-order chi connectivity index (χ1) is 15.2. The topological polar surface area (TPSA) is 58.1 Å². The highest BCUT2D eigenvalue weighted by Crippen LogP contribution is 2.16. The molecule has 0 spiro atoms. The molecular weight excluding hydrogens is 535 g/mol. The highest BCUT2D eigenvalue weighted by molar-refractivity contribution is 14.0. The lowest BCUT2D eigenvalue weighted by Gasteiger charge is -2.31. The lowest BCUT2D eigenvalue weighted by molar-refractivity contribution is 0.0392. The lowest BCUT2D eigenvalue weighted by Crippen LogP contribution is -2.38. The monoisotopic (exact) mass is 572 g/mol. The maximum Gasteiger partial charge on any atom is 0.191 e. The van der Waals surface area contributed by atoms with Crippen LogP contribution in [0.25, 0.3) is 0 Å². The maximum absolute atomic E-state index is 6.02. The normalized spacial score (nSPS) is 14.8. The van der Waals surface area contributed by atoms with E-state index in [9.17, 15) is 0 Å². The highest BCUT2D eigenvalue weighted by atomic mass is 127. The Hall–Kier alpha value is -1.36. The molecule has 32 heavy (non-hydrogen) atoms. The summed E-state index contributed by atoms with van der Waals surface area (Å²) >= 11 is 1.77. The van der Waals surface area contributed by atoms with Gasteiger partial charge >= 0.3 is 0 Å². The van der Waals surface area contributed by atoms with E-state index in [4.69, 9.17) is 14.5 Å². The first kappa shape index (κ1) is 26.9. The van der Waals surface area contributed by atoms with Gasteiger partial charge in [0.25, 0.3) is 0 Å². The Labute approximate surface area is 213 Å². The molecule has 1 aromatic carbocycles. The molecule has 3 rings (SSSR count). The first-order valence-electron chi connectivity index (χ1n) is 11.2. The molecule has 1 aliphatic heterocycles. The first-order valence-corrected chi connectivity index (χ1v) is 12.1. The molecular formula is C24H37IN4O2S. The number of guanidine groups is 1. The van der Waals surface area contributed by atoms with Crippen molar-refractivity contribution in [2.45, 2.75) is 45.8 Å². The summed E-state index contributed by atoms with van der Waals surface area (Å²) in [7, 11) is 2.18. The van der Waals surface area contributed by atoms with Crippen LogP contribution in [0.5, 0.6) is 5.75 Å². The van der Waals surface area contributed by atoms with Crippen molar-refractivity contribution in [2.75, 3.05) is 40.0 Å². The number of benzene rings is 1. The van der Waals surface area contributed by atoms with Crippen LogP contribution < -0.4 is 15.4 Å². The number of aryl methyl sites for hydroxylation is 1. The molecule has 2 N–H and O–H groups in total. The third kappa shape index (κ3) is 8.88. The summed E-state index contributed by atoms with van der Waals surface area (Å²) < 4.78 is 11.5. The van der Waals surface area contributed by atoms with Gasteiger partial charge in [-0.1, -0.05) is 12.1 Å². The Morgan fingerprint density at radius 3 is 2.78 bits per heavy atom. The van der Waals surface area contributed by atoms with Crippen molar-refractivity contribution in [3.8, 4) is 5.75 Å². The number of thiophene rings is 1. The summed E-state index contributed by atoms with van der Waals surface area (Å²) in [6.07, 6.45) is 2.22. The van der Waals surface area contributed by atoms with E-state index in [-0.39, 0.29) is 24.0 Å². The molecule has 0 unspecified atom stereocenters. The van der Waals surface area contributed by atoms with Gasteiger partial charge in [0.15, 0.2) is 5.96 Å². The van der Waals surface area contributed by atoms with Gasteiger partial charge in [0.2, 0.25) is 0 Å². The number of aliphatic imine (C=N–C) groups is 1. The van der Waals surface area contributed by atoms with Gasteiger partial charge in [-0.25, -0.2) is 4.99 Å². The molecule has 1 aliphatic rings. The van der Waals surface area contributed by atoms with Crippen molar-refractivity contribution >= 4 is 41.3 Å². The summed E-state index contributed by atoms with van der Waals surface area (Å²) in [5.74, 6) is 1.74. The number of rotatable bonds is 10. The van der Waals surface area contributed by atoms with Gasteiger partial charge < -0.3 is 20.1 Å². The number of halogens is 1. The summed E-state index contributed by atoms with van der Waals surface area (Å²) in [5, 5.41) is 8.88. The number of likely N-dealkylation sites (N-methyl/N-ethyl adjacent to an activating group) is 1. The van der Waals surface area contributed by atoms with Gasteiger partial charge in [0.1, 0.15) is 12.4 Å². The SMILES string of the molecule is CCNC(=NCc1cccc(OCCN(C)C2CCOCC2)c1)NCc1sccc1C.I. The molecule has 2 aromatic rings. The predicted molar refractivity (Wildman–Crippen MR) is 145 cm³/mol. The summed E-state index contributed by atoms with van der Waals surface area (Å²) in [4.78, 5) is 8.48. The Bertz CT molecular complexity index is 824. The molecule has 2 heterocycles. The molecule has 0 saturated carbocycles. The molecule has 0 aliphatic carbocycles. The van der Waals surface area contributed by atoms with Crippen LogP contribution in [0, 0.1) is 6.92 Å². The fourth-order valence-electron chi connectivity index (χ4n) is 3.61. The summed E-state index contributed by atoms with van der Waals surface area (Å²) in [6.45, 7) is 9.80. The van der Waals surface area contributed by atoms with Gasteiger partial charge in [-0.2, -0.15) is 0 Å². The van der Waals surface area contributed by atoms with Gasteiger partial charge in [0, 0.05) is 37.2 Å². The molecule has 0 radical (unpaired) electrons. The van der Waals surface area contributed by atoms with Gasteiger partial charge in [0.05, 0.1) is 13.1 Å². The van der Waals surface area contributed by atoms with Crippen LogP contribution in [-0.2, 0) is 17.8 Å². The van der Waals surface area contributed by atoms with Crippen molar-refractivity contribution in [3.05, 3.63) is 51.7 Å². The van der Waals surface area contributed by atoms with Crippen molar-refractivity contribution in [1.82, 2.24) is 15.5 Å². The van der Waals surface area contributed by atoms with Crippen molar-refractivity contribution < 1.29 is 9.47 Å². The van der Waals surface area contributed by atoms with E-state index in [0.29, 0.717) is 19.2 Å². The van der Waals surface area contributed by atoms with Crippen LogP contribution in [0.3, 0.4) is 0 Å². The highest BCUT2D eigenvalue weighted by Gasteiger charge is 2.17. The fraction of sp³-hybridized carbons (Fsp3) is 0.542. The van der Waals surface area contributed by atoms with E-state index in [1.54, 1.807) is 11.3 Å². The standard InChI is InChI=1S/C24H36N4O2S.HI/c1-4-25-24(27-18-23-19(2)10-15-31-23)26-17-20-6-5-7-22(16-20)30-14-11-28(3)21-8-12-29-13-9-21;/h5-7,10,15-16,21H,4,8-9,11-14,17-18H2,1-3H3,(H2,25,26,27);1H. The second-order valence-electron chi connectivity index (χ2n) is 7.90. The van der Waals surface area contributed by atoms with Crippen molar-refractivity contribution in [3.63, 3.8) is 0 Å². The molecule has 1 aromatic heterocycles. The predicted octanol–water partition coefficient (Wildman–Crippen LogP) is 4.42. The fourth-order valence-corrected chi connectivity index (χ4v) is 4.46. The van der Waals surface area contributed by atoms with Crippen LogP contribution in [0.15, 0.2) is 40.7 Å². The lowest BCUT2D eigenvalue weighted by atomic mass is 10.1. The second kappa shape index (κ2) is 14.7. The number of nitrogens with zero attached hydrogens (tertiary/aromatic N) is 2. The largest absolute Gasteiger partial charge is 0.492 e. The summed E-state index contributed by atoms with van der Waals surface area (Å²) in [6, 6.07) is 11.0. The van der Waals surface area contributed by atoms with Crippen molar-refractivity contribution in [1.29, 1.82) is 0 Å². The average molecular weight is 573 g/mol. The maximum atomic E-state index is 6.02. The van der Waals surface area contributed by atoms with E-state index >= 15 is 0 Å². The Morgan fingerprint density at radius 2 is 2.06 bits per heavy atom. The van der Waals surface area contributed by atoms with E-state index in [2.05, 4.69) is 60.0 Å². The third-order valence-electron chi connectivity index (χ3n) is 5.57. The van der Waals surface area contributed by atoms with Gasteiger partial charge in [-0.3, -0.25) is 4.90 Å². The molecule has 1 fully saturated rings. The molecule has 0 amide bonds. The molecule has 1 saturated heterocycles. The zero-order valence-electron chi connectivity index (χ0n) is 19.4. The zero-order chi connectivity index (χ0) is 21.9. The molecule has 178 valence electrons.